The first kappa shape index (κ1) is 16.0. The molecule has 4 nitrogen and oxygen atoms in total. The van der Waals surface area contributed by atoms with Gasteiger partial charge in [-0.15, -0.1) is 11.3 Å². The first-order valence-electron chi connectivity index (χ1n) is 6.79. The number of hydrogen-bond acceptors (Lipinski definition) is 5. The minimum Gasteiger partial charge on any atom is -0.353 e. The zero-order valence-electron chi connectivity index (χ0n) is 12.4. The van der Waals surface area contributed by atoms with Crippen LogP contribution in [-0.2, 0) is 11.2 Å². The summed E-state index contributed by atoms with van der Waals surface area (Å²) < 4.78 is 0.941. The molecule has 2 aromatic heterocycles. The van der Waals surface area contributed by atoms with Crippen molar-refractivity contribution in [2.24, 2.45) is 0 Å². The van der Waals surface area contributed by atoms with Gasteiger partial charge in [0.25, 0.3) is 0 Å². The van der Waals surface area contributed by atoms with E-state index in [2.05, 4.69) is 15.3 Å². The molecule has 0 aromatic carbocycles. The largest absolute Gasteiger partial charge is 0.353 e. The molecule has 0 spiro atoms. The van der Waals surface area contributed by atoms with Gasteiger partial charge >= 0.3 is 0 Å². The zero-order chi connectivity index (χ0) is 15.2. The molecule has 21 heavy (non-hydrogen) atoms. The molecular formula is C15H19N3OS2. The molecule has 1 amide bonds. The molecule has 0 aliphatic carbocycles. The van der Waals surface area contributed by atoms with Crippen LogP contribution in [0.5, 0.6) is 0 Å². The van der Waals surface area contributed by atoms with Crippen molar-refractivity contribution in [3.05, 3.63) is 40.7 Å². The fourth-order valence-corrected chi connectivity index (χ4v) is 3.58. The van der Waals surface area contributed by atoms with Crippen LogP contribution in [0.1, 0.15) is 23.9 Å². The average Bonchev–Trinajstić information content (AvgIpc) is 2.85. The lowest BCUT2D eigenvalue weighted by molar-refractivity contribution is -0.119. The van der Waals surface area contributed by atoms with Crippen molar-refractivity contribution < 1.29 is 4.79 Å². The zero-order valence-corrected chi connectivity index (χ0v) is 14.1. The van der Waals surface area contributed by atoms with Gasteiger partial charge in [0.05, 0.1) is 5.75 Å². The fraction of sp³-hybridized carbons (Fsp3) is 0.400. The van der Waals surface area contributed by atoms with Gasteiger partial charge < -0.3 is 5.32 Å². The Balaban J connectivity index is 1.78. The molecule has 2 rings (SSSR count). The van der Waals surface area contributed by atoms with Gasteiger partial charge in [0, 0.05) is 35.4 Å². The molecule has 6 heteroatoms. The Hall–Kier alpha value is -1.40. The summed E-state index contributed by atoms with van der Waals surface area (Å²) >= 11 is 3.06. The molecule has 1 N–H and O–H groups in total. The first-order valence-corrected chi connectivity index (χ1v) is 8.66. The molecule has 0 bridgehead atoms. The summed E-state index contributed by atoms with van der Waals surface area (Å²) in [6, 6.07) is 4.04. The highest BCUT2D eigenvalue weighted by Crippen LogP contribution is 2.21. The Morgan fingerprint density at radius 2 is 2.29 bits per heavy atom. The number of amides is 1. The predicted molar refractivity (Wildman–Crippen MR) is 87.9 cm³/mol. The minimum atomic E-state index is 0.0361. The summed E-state index contributed by atoms with van der Waals surface area (Å²) in [7, 11) is 0. The van der Waals surface area contributed by atoms with Crippen molar-refractivity contribution in [2.75, 3.05) is 5.75 Å². The molecule has 2 aromatic rings. The summed E-state index contributed by atoms with van der Waals surface area (Å²) in [4.78, 5) is 20.6. The lowest BCUT2D eigenvalue weighted by Crippen LogP contribution is -2.35. The monoisotopic (exact) mass is 321 g/mol. The van der Waals surface area contributed by atoms with Crippen LogP contribution in [0.2, 0.25) is 0 Å². The lowest BCUT2D eigenvalue weighted by atomic mass is 10.1. The number of hydrogen-bond donors (Lipinski definition) is 1. The normalized spacial score (nSPS) is 12.1. The van der Waals surface area contributed by atoms with Crippen LogP contribution >= 0.6 is 23.1 Å². The molecule has 0 radical (unpaired) electrons. The van der Waals surface area contributed by atoms with Crippen molar-refractivity contribution in [3.8, 4) is 0 Å². The number of aryl methyl sites for hydroxylation is 2. The number of carbonyl (C=O) groups excluding carboxylic acids is 1. The van der Waals surface area contributed by atoms with Gasteiger partial charge in [-0.1, -0.05) is 17.8 Å². The molecule has 0 saturated carbocycles. The third-order valence-electron chi connectivity index (χ3n) is 2.95. The maximum atomic E-state index is 11.9. The summed E-state index contributed by atoms with van der Waals surface area (Å²) in [6.45, 7) is 6.00. The van der Waals surface area contributed by atoms with Crippen molar-refractivity contribution in [1.82, 2.24) is 15.3 Å². The number of rotatable bonds is 6. The highest BCUT2D eigenvalue weighted by molar-refractivity contribution is 8.01. The number of aromatic nitrogens is 2. The number of nitrogens with one attached hydrogen (secondary N) is 1. The maximum absolute atomic E-state index is 11.9. The van der Waals surface area contributed by atoms with E-state index in [-0.39, 0.29) is 11.9 Å². The van der Waals surface area contributed by atoms with Gasteiger partial charge in [-0.3, -0.25) is 9.78 Å². The van der Waals surface area contributed by atoms with Crippen LogP contribution in [0.3, 0.4) is 0 Å². The van der Waals surface area contributed by atoms with E-state index in [1.54, 1.807) is 17.5 Å². The molecule has 0 saturated heterocycles. The summed E-state index contributed by atoms with van der Waals surface area (Å²) in [5.41, 5.74) is 3.20. The van der Waals surface area contributed by atoms with Gasteiger partial charge in [-0.25, -0.2) is 4.98 Å². The Kier molecular flexibility index (Phi) is 5.76. The molecule has 112 valence electrons. The quantitative estimate of drug-likeness (QED) is 0.831. The lowest BCUT2D eigenvalue weighted by Gasteiger charge is -2.14. The van der Waals surface area contributed by atoms with Crippen LogP contribution in [-0.4, -0.2) is 27.7 Å². The van der Waals surface area contributed by atoms with Crippen LogP contribution in [0.4, 0.5) is 0 Å². The number of nitrogens with zero attached hydrogens (tertiary/aromatic N) is 2. The molecule has 2 heterocycles. The van der Waals surface area contributed by atoms with Gasteiger partial charge in [0.1, 0.15) is 0 Å². The van der Waals surface area contributed by atoms with Gasteiger partial charge in [0.15, 0.2) is 4.34 Å². The average molecular weight is 321 g/mol. The highest BCUT2D eigenvalue weighted by atomic mass is 32.2. The van der Waals surface area contributed by atoms with Crippen LogP contribution in [0.15, 0.2) is 28.0 Å². The number of carbonyl (C=O) groups is 1. The highest BCUT2D eigenvalue weighted by Gasteiger charge is 2.11. The van der Waals surface area contributed by atoms with Crippen LogP contribution in [0.25, 0.3) is 0 Å². The van der Waals surface area contributed by atoms with E-state index >= 15 is 0 Å². The second-order valence-corrected chi connectivity index (χ2v) is 7.06. The maximum Gasteiger partial charge on any atom is 0.230 e. The third-order valence-corrected chi connectivity index (χ3v) is 5.09. The second kappa shape index (κ2) is 7.56. The molecular weight excluding hydrogens is 302 g/mol. The van der Waals surface area contributed by atoms with Crippen molar-refractivity contribution in [3.63, 3.8) is 0 Å². The fourth-order valence-electron chi connectivity index (χ4n) is 1.92. The summed E-state index contributed by atoms with van der Waals surface area (Å²) in [5, 5.41) is 5.00. The van der Waals surface area contributed by atoms with Gasteiger partial charge in [0.2, 0.25) is 5.91 Å². The van der Waals surface area contributed by atoms with E-state index in [0.29, 0.717) is 5.75 Å². The Labute approximate surface area is 133 Å². The SMILES string of the molecule is Cc1csc(SCC(=O)N[C@H](C)Cc2ncccc2C)n1. The Morgan fingerprint density at radius 1 is 1.48 bits per heavy atom. The van der Waals surface area contributed by atoms with Crippen LogP contribution < -0.4 is 5.32 Å². The van der Waals surface area contributed by atoms with Gasteiger partial charge in [-0.2, -0.15) is 0 Å². The number of pyridine rings is 1. The van der Waals surface area contributed by atoms with Crippen molar-refractivity contribution in [1.29, 1.82) is 0 Å². The van der Waals surface area contributed by atoms with E-state index in [1.165, 1.54) is 11.8 Å². The minimum absolute atomic E-state index is 0.0361. The third kappa shape index (κ3) is 5.13. The van der Waals surface area contributed by atoms with Crippen molar-refractivity contribution in [2.45, 2.75) is 37.6 Å². The summed E-state index contributed by atoms with van der Waals surface area (Å²) in [6.07, 6.45) is 2.54. The van der Waals surface area contributed by atoms with E-state index in [1.807, 2.05) is 38.3 Å². The molecule has 0 aliphatic rings. The smallest absolute Gasteiger partial charge is 0.230 e. The second-order valence-electron chi connectivity index (χ2n) is 4.98. The number of thiazole rings is 1. The van der Waals surface area contributed by atoms with E-state index in [4.69, 9.17) is 0 Å². The topological polar surface area (TPSA) is 54.9 Å². The predicted octanol–water partition coefficient (Wildman–Crippen LogP) is 2.99. The van der Waals surface area contributed by atoms with E-state index in [0.717, 1.165) is 27.7 Å². The molecule has 0 fully saturated rings. The number of thioether (sulfide) groups is 1. The molecule has 1 atom stereocenters. The van der Waals surface area contributed by atoms with Gasteiger partial charge in [-0.05, 0) is 32.4 Å². The van der Waals surface area contributed by atoms with Crippen molar-refractivity contribution >= 4 is 29.0 Å². The molecule has 0 unspecified atom stereocenters. The standard InChI is InChI=1S/C15H19N3OS2/c1-10-5-4-6-16-13(10)7-11(2)17-14(19)9-21-15-18-12(3)8-20-15/h4-6,8,11H,7,9H2,1-3H3,(H,17,19)/t11-/m1/s1. The van der Waals surface area contributed by atoms with E-state index in [9.17, 15) is 4.79 Å². The van der Waals surface area contributed by atoms with Crippen LogP contribution in [0, 0.1) is 13.8 Å². The Morgan fingerprint density at radius 3 is 2.95 bits per heavy atom. The first-order chi connectivity index (χ1) is 10.0. The molecule has 0 aliphatic heterocycles. The summed E-state index contributed by atoms with van der Waals surface area (Å²) in [5.74, 6) is 0.437. The van der Waals surface area contributed by atoms with E-state index < -0.39 is 0 Å². The Bertz CT molecular complexity index is 612.